The lowest BCUT2D eigenvalue weighted by molar-refractivity contribution is 0.509. The summed E-state index contributed by atoms with van der Waals surface area (Å²) in [5.41, 5.74) is 1.58. The normalized spacial score (nSPS) is 10.5. The lowest BCUT2D eigenvalue weighted by Crippen LogP contribution is -2.21. The molecule has 3 rings (SSSR count). The highest BCUT2D eigenvalue weighted by Crippen LogP contribution is 2.18. The van der Waals surface area contributed by atoms with Crippen LogP contribution in [0.3, 0.4) is 0 Å². The minimum Gasteiger partial charge on any atom is -0.359 e. The fourth-order valence-corrected chi connectivity index (χ4v) is 2.29. The van der Waals surface area contributed by atoms with E-state index >= 15 is 0 Å². The molecule has 1 aromatic carbocycles. The number of halogens is 2. The Bertz CT molecular complexity index is 842. The first kappa shape index (κ1) is 16.8. The summed E-state index contributed by atoms with van der Waals surface area (Å²) in [6.07, 6.45) is 6.01. The summed E-state index contributed by atoms with van der Waals surface area (Å²) in [7, 11) is 1.94. The Balaban J connectivity index is 1.66. The van der Waals surface area contributed by atoms with Crippen molar-refractivity contribution in [3.8, 4) is 0 Å². The van der Waals surface area contributed by atoms with Gasteiger partial charge >= 0.3 is 0 Å². The maximum Gasteiger partial charge on any atom is 0.229 e. The van der Waals surface area contributed by atoms with Crippen molar-refractivity contribution in [2.45, 2.75) is 6.42 Å². The first-order valence-corrected chi connectivity index (χ1v) is 7.77. The highest BCUT2D eigenvalue weighted by molar-refractivity contribution is 5.55. The average molecular weight is 341 g/mol. The van der Waals surface area contributed by atoms with Gasteiger partial charge in [0.05, 0.1) is 0 Å². The molecule has 25 heavy (non-hydrogen) atoms. The maximum atomic E-state index is 13.3. The summed E-state index contributed by atoms with van der Waals surface area (Å²) in [4.78, 5) is 14.5. The predicted octanol–water partition coefficient (Wildman–Crippen LogP) is 3.57. The van der Waals surface area contributed by atoms with Gasteiger partial charge in [-0.1, -0.05) is 0 Å². The van der Waals surface area contributed by atoms with E-state index in [1.165, 1.54) is 11.6 Å². The molecule has 2 aromatic heterocycles. The van der Waals surface area contributed by atoms with Crippen LogP contribution in [0.25, 0.3) is 0 Å². The average Bonchev–Trinajstić information content (AvgIpc) is 2.64. The number of nitrogens with one attached hydrogen (secondary N) is 1. The predicted molar refractivity (Wildman–Crippen MR) is 92.9 cm³/mol. The molecule has 0 amide bonds. The molecule has 1 N–H and O–H groups in total. The second kappa shape index (κ2) is 7.65. The van der Waals surface area contributed by atoms with Gasteiger partial charge in [0.25, 0.3) is 0 Å². The minimum atomic E-state index is -0.921. The van der Waals surface area contributed by atoms with Crippen LogP contribution >= 0.6 is 0 Å². The lowest BCUT2D eigenvalue weighted by Gasteiger charge is -2.18. The molecule has 128 valence electrons. The van der Waals surface area contributed by atoms with Crippen LogP contribution in [0.2, 0.25) is 0 Å². The number of hydrogen-bond acceptors (Lipinski definition) is 5. The van der Waals surface area contributed by atoms with Crippen LogP contribution < -0.4 is 10.2 Å². The number of hydrogen-bond donors (Lipinski definition) is 1. The molecule has 0 atom stereocenters. The number of likely N-dealkylation sites (N-methyl/N-ethyl adjacent to an activating group) is 1. The smallest absolute Gasteiger partial charge is 0.229 e. The summed E-state index contributed by atoms with van der Waals surface area (Å²) >= 11 is 0. The van der Waals surface area contributed by atoms with E-state index in [9.17, 15) is 8.78 Å². The molecule has 2 heterocycles. The van der Waals surface area contributed by atoms with Gasteiger partial charge in [0.1, 0.15) is 5.82 Å². The zero-order valence-electron chi connectivity index (χ0n) is 13.7. The standard InChI is InChI=1S/C18H17F2N5/c1-25(11-7-13-4-8-21-9-5-13)17-6-10-22-18(24-17)23-14-2-3-15(19)16(20)12-14/h2-6,8-10,12H,7,11H2,1H3,(H,22,23,24). The molecule has 0 saturated carbocycles. The van der Waals surface area contributed by atoms with Crippen molar-refractivity contribution in [2.24, 2.45) is 0 Å². The van der Waals surface area contributed by atoms with E-state index in [1.807, 2.05) is 24.1 Å². The Hall–Kier alpha value is -3.09. The third kappa shape index (κ3) is 4.47. The first-order chi connectivity index (χ1) is 12.1. The number of rotatable bonds is 6. The van der Waals surface area contributed by atoms with Crippen molar-refractivity contribution >= 4 is 17.5 Å². The molecular formula is C18H17F2N5. The zero-order valence-corrected chi connectivity index (χ0v) is 13.7. The fraction of sp³-hybridized carbons (Fsp3) is 0.167. The van der Waals surface area contributed by atoms with E-state index < -0.39 is 11.6 Å². The molecule has 0 aliphatic rings. The zero-order chi connectivity index (χ0) is 17.6. The molecule has 0 aliphatic carbocycles. The molecule has 3 aromatic rings. The van der Waals surface area contributed by atoms with E-state index in [-0.39, 0.29) is 0 Å². The van der Waals surface area contributed by atoms with Crippen molar-refractivity contribution in [3.05, 3.63) is 72.2 Å². The van der Waals surface area contributed by atoms with E-state index in [0.29, 0.717) is 11.6 Å². The van der Waals surface area contributed by atoms with E-state index in [1.54, 1.807) is 24.7 Å². The van der Waals surface area contributed by atoms with Gasteiger partial charge in [-0.25, -0.2) is 13.8 Å². The number of benzene rings is 1. The molecule has 0 saturated heterocycles. The Kier molecular flexibility index (Phi) is 5.13. The number of nitrogens with zero attached hydrogens (tertiary/aromatic N) is 4. The highest BCUT2D eigenvalue weighted by Gasteiger charge is 2.07. The van der Waals surface area contributed by atoms with Gasteiger partial charge in [-0.05, 0) is 42.3 Å². The molecular weight excluding hydrogens is 324 g/mol. The SMILES string of the molecule is CN(CCc1ccncc1)c1ccnc(Nc2ccc(F)c(F)c2)n1. The Morgan fingerprint density at radius 1 is 1.00 bits per heavy atom. The van der Waals surface area contributed by atoms with Gasteiger partial charge in [0, 0.05) is 43.9 Å². The van der Waals surface area contributed by atoms with Crippen LogP contribution in [0, 0.1) is 11.6 Å². The van der Waals surface area contributed by atoms with Crippen LogP contribution in [0.5, 0.6) is 0 Å². The molecule has 0 bridgehead atoms. The second-order valence-corrected chi connectivity index (χ2v) is 5.52. The van der Waals surface area contributed by atoms with Crippen molar-refractivity contribution in [1.82, 2.24) is 15.0 Å². The van der Waals surface area contributed by atoms with Crippen LogP contribution in [-0.2, 0) is 6.42 Å². The van der Waals surface area contributed by atoms with Crippen molar-refractivity contribution in [1.29, 1.82) is 0 Å². The summed E-state index contributed by atoms with van der Waals surface area (Å²) in [5.74, 6) is -0.764. The quantitative estimate of drug-likeness (QED) is 0.743. The van der Waals surface area contributed by atoms with E-state index in [4.69, 9.17) is 0 Å². The van der Waals surface area contributed by atoms with Gasteiger partial charge in [-0.15, -0.1) is 0 Å². The summed E-state index contributed by atoms with van der Waals surface area (Å²) in [6, 6.07) is 9.30. The monoisotopic (exact) mass is 341 g/mol. The molecule has 7 heteroatoms. The summed E-state index contributed by atoms with van der Waals surface area (Å²) < 4.78 is 26.3. The molecule has 0 fully saturated rings. The number of aromatic nitrogens is 3. The summed E-state index contributed by atoms with van der Waals surface area (Å²) in [6.45, 7) is 0.769. The number of pyridine rings is 1. The van der Waals surface area contributed by atoms with Gasteiger partial charge in [0.15, 0.2) is 11.6 Å². The van der Waals surface area contributed by atoms with Crippen LogP contribution in [0.1, 0.15) is 5.56 Å². The Morgan fingerprint density at radius 3 is 2.56 bits per heavy atom. The molecule has 0 spiro atoms. The van der Waals surface area contributed by atoms with Gasteiger partial charge in [0.2, 0.25) is 5.95 Å². The summed E-state index contributed by atoms with van der Waals surface area (Å²) in [5, 5.41) is 2.88. The van der Waals surface area contributed by atoms with Crippen LogP contribution in [0.15, 0.2) is 55.0 Å². The van der Waals surface area contributed by atoms with Crippen molar-refractivity contribution in [2.75, 3.05) is 23.8 Å². The van der Waals surface area contributed by atoms with Crippen LogP contribution in [-0.4, -0.2) is 28.5 Å². The van der Waals surface area contributed by atoms with E-state index in [2.05, 4.69) is 20.3 Å². The molecule has 0 radical (unpaired) electrons. The molecule has 5 nitrogen and oxygen atoms in total. The third-order valence-electron chi connectivity index (χ3n) is 3.69. The Labute approximate surface area is 144 Å². The van der Waals surface area contributed by atoms with Gasteiger partial charge < -0.3 is 10.2 Å². The largest absolute Gasteiger partial charge is 0.359 e. The lowest BCUT2D eigenvalue weighted by atomic mass is 10.2. The highest BCUT2D eigenvalue weighted by atomic mass is 19.2. The molecule has 0 unspecified atom stereocenters. The second-order valence-electron chi connectivity index (χ2n) is 5.52. The fourth-order valence-electron chi connectivity index (χ4n) is 2.29. The Morgan fingerprint density at radius 2 is 1.80 bits per heavy atom. The van der Waals surface area contributed by atoms with E-state index in [0.717, 1.165) is 30.9 Å². The van der Waals surface area contributed by atoms with Crippen molar-refractivity contribution in [3.63, 3.8) is 0 Å². The number of anilines is 3. The topological polar surface area (TPSA) is 53.9 Å². The van der Waals surface area contributed by atoms with Gasteiger partial charge in [-0.3, -0.25) is 4.98 Å². The molecule has 0 aliphatic heterocycles. The minimum absolute atomic E-state index is 0.319. The first-order valence-electron chi connectivity index (χ1n) is 7.77. The van der Waals surface area contributed by atoms with Crippen molar-refractivity contribution < 1.29 is 8.78 Å². The maximum absolute atomic E-state index is 13.3. The van der Waals surface area contributed by atoms with Gasteiger partial charge in [-0.2, -0.15) is 4.98 Å². The third-order valence-corrected chi connectivity index (χ3v) is 3.69. The van der Waals surface area contributed by atoms with Crippen LogP contribution in [0.4, 0.5) is 26.2 Å².